The molecule has 0 aliphatic heterocycles. The van der Waals surface area contributed by atoms with Crippen LogP contribution in [0.15, 0.2) is 18.2 Å². The third kappa shape index (κ3) is 2.17. The van der Waals surface area contributed by atoms with Crippen LogP contribution in [0.4, 0.5) is 0 Å². The first-order chi connectivity index (χ1) is 9.74. The highest BCUT2D eigenvalue weighted by Crippen LogP contribution is 2.38. The van der Waals surface area contributed by atoms with Gasteiger partial charge in [-0.15, -0.1) is 5.10 Å². The number of methoxy groups -OCH3 is 1. The molecular formula is C14H17ClN4O. The summed E-state index contributed by atoms with van der Waals surface area (Å²) in [6.07, 6.45) is 3.59. The van der Waals surface area contributed by atoms with E-state index in [0.717, 1.165) is 17.1 Å². The van der Waals surface area contributed by atoms with Crippen LogP contribution in [-0.2, 0) is 6.54 Å². The average molecular weight is 293 g/mol. The molecule has 2 N–H and O–H groups in total. The molecule has 5 nitrogen and oxygen atoms in total. The van der Waals surface area contributed by atoms with Crippen molar-refractivity contribution in [1.82, 2.24) is 15.0 Å². The molecule has 0 unspecified atom stereocenters. The topological polar surface area (TPSA) is 66.0 Å². The van der Waals surface area contributed by atoms with Crippen molar-refractivity contribution >= 4 is 11.6 Å². The van der Waals surface area contributed by atoms with Crippen molar-refractivity contribution in [3.63, 3.8) is 0 Å². The Bertz CT molecular complexity index is 622. The van der Waals surface area contributed by atoms with Crippen molar-refractivity contribution in [3.8, 4) is 11.4 Å². The van der Waals surface area contributed by atoms with Crippen LogP contribution in [0.2, 0.25) is 5.02 Å². The van der Waals surface area contributed by atoms with Crippen LogP contribution in [0.25, 0.3) is 5.69 Å². The molecule has 1 fully saturated rings. The lowest BCUT2D eigenvalue weighted by atomic mass is 9.82. The predicted octanol–water partition coefficient (Wildman–Crippen LogP) is 2.66. The van der Waals surface area contributed by atoms with Gasteiger partial charge in [-0.25, -0.2) is 4.68 Å². The molecule has 1 heterocycles. The van der Waals surface area contributed by atoms with Crippen molar-refractivity contribution in [2.24, 2.45) is 5.73 Å². The van der Waals surface area contributed by atoms with Gasteiger partial charge in [0.05, 0.1) is 23.5 Å². The molecule has 1 aromatic heterocycles. The number of hydrogen-bond donors (Lipinski definition) is 1. The first-order valence-corrected chi connectivity index (χ1v) is 7.11. The minimum atomic E-state index is 0.412. The van der Waals surface area contributed by atoms with E-state index in [2.05, 4.69) is 10.3 Å². The summed E-state index contributed by atoms with van der Waals surface area (Å²) in [5, 5.41) is 9.01. The normalized spacial score (nSPS) is 15.2. The van der Waals surface area contributed by atoms with Gasteiger partial charge in [-0.1, -0.05) is 23.2 Å². The summed E-state index contributed by atoms with van der Waals surface area (Å²) in [5.41, 5.74) is 8.67. The van der Waals surface area contributed by atoms with Gasteiger partial charge in [-0.2, -0.15) is 0 Å². The summed E-state index contributed by atoms with van der Waals surface area (Å²) in [7, 11) is 1.60. The SMILES string of the molecule is COc1ccc(-n2nnc(CN)c2C2CCC2)cc1Cl. The average Bonchev–Trinajstić information content (AvgIpc) is 2.80. The highest BCUT2D eigenvalue weighted by atomic mass is 35.5. The molecule has 0 atom stereocenters. The lowest BCUT2D eigenvalue weighted by molar-refractivity contribution is 0.400. The molecule has 2 aromatic rings. The number of nitrogens with zero attached hydrogens (tertiary/aromatic N) is 3. The third-order valence-electron chi connectivity index (χ3n) is 3.84. The standard InChI is InChI=1S/C14H17ClN4O/c1-20-13-6-5-10(7-11(13)15)19-14(9-3-2-4-9)12(8-16)17-18-19/h5-7,9H,2-4,8,16H2,1H3. The number of benzene rings is 1. The Kier molecular flexibility index (Phi) is 3.63. The van der Waals surface area contributed by atoms with Crippen LogP contribution < -0.4 is 10.5 Å². The van der Waals surface area contributed by atoms with Gasteiger partial charge in [0, 0.05) is 12.5 Å². The summed E-state index contributed by atoms with van der Waals surface area (Å²) >= 11 is 6.19. The molecule has 0 saturated heterocycles. The largest absolute Gasteiger partial charge is 0.495 e. The van der Waals surface area contributed by atoms with Crippen LogP contribution in [-0.4, -0.2) is 22.1 Å². The number of ether oxygens (including phenoxy) is 1. The molecule has 0 bridgehead atoms. The fraction of sp³-hybridized carbons (Fsp3) is 0.429. The Labute approximate surface area is 122 Å². The van der Waals surface area contributed by atoms with E-state index in [0.29, 0.717) is 23.2 Å². The van der Waals surface area contributed by atoms with Crippen molar-refractivity contribution in [2.45, 2.75) is 31.7 Å². The second kappa shape index (κ2) is 5.42. The molecule has 3 rings (SSSR count). The highest BCUT2D eigenvalue weighted by Gasteiger charge is 2.27. The second-order valence-corrected chi connectivity index (χ2v) is 5.39. The number of hydrogen-bond acceptors (Lipinski definition) is 4. The fourth-order valence-corrected chi connectivity index (χ4v) is 2.79. The smallest absolute Gasteiger partial charge is 0.137 e. The molecule has 0 radical (unpaired) electrons. The Morgan fingerprint density at radius 1 is 1.45 bits per heavy atom. The molecule has 106 valence electrons. The van der Waals surface area contributed by atoms with Gasteiger partial charge in [0.15, 0.2) is 0 Å². The molecule has 1 saturated carbocycles. The molecule has 20 heavy (non-hydrogen) atoms. The van der Waals surface area contributed by atoms with Gasteiger partial charge in [-0.3, -0.25) is 0 Å². The van der Waals surface area contributed by atoms with E-state index in [1.54, 1.807) is 7.11 Å². The minimum Gasteiger partial charge on any atom is -0.495 e. The summed E-state index contributed by atoms with van der Waals surface area (Å²) < 4.78 is 7.03. The van der Waals surface area contributed by atoms with Crippen LogP contribution in [0.1, 0.15) is 36.6 Å². The molecule has 1 aliphatic carbocycles. The zero-order valence-electron chi connectivity index (χ0n) is 11.3. The Hall–Kier alpha value is -1.59. The van der Waals surface area contributed by atoms with E-state index in [1.165, 1.54) is 19.3 Å². The molecule has 1 aromatic carbocycles. The van der Waals surface area contributed by atoms with Gasteiger partial charge in [0.1, 0.15) is 11.4 Å². The first-order valence-electron chi connectivity index (χ1n) is 6.73. The van der Waals surface area contributed by atoms with Gasteiger partial charge >= 0.3 is 0 Å². The highest BCUT2D eigenvalue weighted by molar-refractivity contribution is 6.32. The number of aromatic nitrogens is 3. The maximum Gasteiger partial charge on any atom is 0.137 e. The van der Waals surface area contributed by atoms with E-state index >= 15 is 0 Å². The zero-order valence-corrected chi connectivity index (χ0v) is 12.1. The van der Waals surface area contributed by atoms with E-state index < -0.39 is 0 Å². The minimum absolute atomic E-state index is 0.412. The Morgan fingerprint density at radius 3 is 2.80 bits per heavy atom. The van der Waals surface area contributed by atoms with E-state index in [4.69, 9.17) is 22.1 Å². The van der Waals surface area contributed by atoms with Crippen LogP contribution >= 0.6 is 11.6 Å². The van der Waals surface area contributed by atoms with Crippen molar-refractivity contribution < 1.29 is 4.74 Å². The van der Waals surface area contributed by atoms with Gasteiger partial charge in [0.2, 0.25) is 0 Å². The Morgan fingerprint density at radius 2 is 2.25 bits per heavy atom. The van der Waals surface area contributed by atoms with Crippen molar-refractivity contribution in [2.75, 3.05) is 7.11 Å². The maximum atomic E-state index is 6.19. The maximum absolute atomic E-state index is 6.19. The lowest BCUT2D eigenvalue weighted by Gasteiger charge is -2.26. The summed E-state index contributed by atoms with van der Waals surface area (Å²) in [6.45, 7) is 0.412. The van der Waals surface area contributed by atoms with Gasteiger partial charge in [-0.05, 0) is 31.0 Å². The van der Waals surface area contributed by atoms with Crippen molar-refractivity contribution in [3.05, 3.63) is 34.6 Å². The summed E-state index contributed by atoms with van der Waals surface area (Å²) in [6, 6.07) is 5.62. The van der Waals surface area contributed by atoms with E-state index in [9.17, 15) is 0 Å². The summed E-state index contributed by atoms with van der Waals surface area (Å²) in [4.78, 5) is 0. The molecule has 0 amide bonds. The second-order valence-electron chi connectivity index (χ2n) is 4.98. The van der Waals surface area contributed by atoms with Gasteiger partial charge < -0.3 is 10.5 Å². The van der Waals surface area contributed by atoms with Crippen LogP contribution in [0.5, 0.6) is 5.75 Å². The van der Waals surface area contributed by atoms with Crippen LogP contribution in [0.3, 0.4) is 0 Å². The number of nitrogens with two attached hydrogens (primary N) is 1. The van der Waals surface area contributed by atoms with Crippen molar-refractivity contribution in [1.29, 1.82) is 0 Å². The molecule has 6 heteroatoms. The number of rotatable bonds is 4. The summed E-state index contributed by atoms with van der Waals surface area (Å²) in [5.74, 6) is 1.16. The van der Waals surface area contributed by atoms with E-state index in [1.807, 2.05) is 22.9 Å². The molecule has 0 spiro atoms. The fourth-order valence-electron chi connectivity index (χ4n) is 2.53. The first kappa shape index (κ1) is 13.4. The monoisotopic (exact) mass is 292 g/mol. The Balaban J connectivity index is 2.05. The quantitative estimate of drug-likeness (QED) is 0.941. The third-order valence-corrected chi connectivity index (χ3v) is 4.14. The van der Waals surface area contributed by atoms with Gasteiger partial charge in [0.25, 0.3) is 0 Å². The molecule has 1 aliphatic rings. The lowest BCUT2D eigenvalue weighted by Crippen LogP contribution is -2.17. The molecular weight excluding hydrogens is 276 g/mol. The van der Waals surface area contributed by atoms with Crippen LogP contribution in [0, 0.1) is 0 Å². The zero-order chi connectivity index (χ0) is 14.1. The predicted molar refractivity (Wildman–Crippen MR) is 77.4 cm³/mol. The number of halogens is 1. The van der Waals surface area contributed by atoms with E-state index in [-0.39, 0.29) is 0 Å².